The van der Waals surface area contributed by atoms with E-state index in [1.807, 2.05) is 24.3 Å². The van der Waals surface area contributed by atoms with Crippen LogP contribution in [0.25, 0.3) is 16.6 Å². The van der Waals surface area contributed by atoms with Crippen LogP contribution in [-0.2, 0) is 19.4 Å². The maximum Gasteiger partial charge on any atom is 0.309 e. The Morgan fingerprint density at radius 1 is 1.06 bits per heavy atom. The number of rotatable bonds is 5. The topological polar surface area (TPSA) is 107 Å². The smallest absolute Gasteiger partial charge is 0.309 e. The number of para-hydroxylation sites is 1. The van der Waals surface area contributed by atoms with Gasteiger partial charge in [-0.15, -0.1) is 5.10 Å². The van der Waals surface area contributed by atoms with Crippen LogP contribution in [0.4, 0.5) is 5.82 Å². The molecular weight excluding hydrogens is 442 g/mol. The Labute approximate surface area is 190 Å². The number of carbonyl (C=O) groups excluding carboxylic acids is 1. The molecular formula is C23H23N5O4S. The van der Waals surface area contributed by atoms with Crippen molar-refractivity contribution < 1.29 is 17.9 Å². The number of hydrogen-bond donors (Lipinski definition) is 0. The number of hydrogen-bond acceptors (Lipinski definition) is 8. The zero-order valence-corrected chi connectivity index (χ0v) is 18.9. The lowest BCUT2D eigenvalue weighted by molar-refractivity contribution is -0.148. The second-order valence-electron chi connectivity index (χ2n) is 7.91. The van der Waals surface area contributed by atoms with E-state index in [0.29, 0.717) is 43.9 Å². The van der Waals surface area contributed by atoms with Crippen molar-refractivity contribution in [2.45, 2.75) is 29.7 Å². The fourth-order valence-electron chi connectivity index (χ4n) is 4.24. The summed E-state index contributed by atoms with van der Waals surface area (Å²) in [5, 5.41) is 8.81. The Balaban J connectivity index is 1.60. The van der Waals surface area contributed by atoms with Crippen LogP contribution in [0.5, 0.6) is 0 Å². The largest absolute Gasteiger partial charge is 0.466 e. The third kappa shape index (κ3) is 3.70. The van der Waals surface area contributed by atoms with Crippen LogP contribution in [0.15, 0.2) is 64.5 Å². The summed E-state index contributed by atoms with van der Waals surface area (Å²) in [5.41, 5.74) is 0.895. The maximum atomic E-state index is 13.3. The summed E-state index contributed by atoms with van der Waals surface area (Å²) in [6.07, 6.45) is 1.29. The van der Waals surface area contributed by atoms with Gasteiger partial charge in [0.15, 0.2) is 5.65 Å². The van der Waals surface area contributed by atoms with E-state index < -0.39 is 9.84 Å². The van der Waals surface area contributed by atoms with E-state index in [2.05, 4.69) is 15.2 Å². The lowest BCUT2D eigenvalue weighted by Gasteiger charge is -2.32. The van der Waals surface area contributed by atoms with E-state index in [1.165, 1.54) is 16.6 Å². The molecule has 0 spiro atoms. The van der Waals surface area contributed by atoms with E-state index in [4.69, 9.17) is 9.72 Å². The van der Waals surface area contributed by atoms with Crippen molar-refractivity contribution in [2.75, 3.05) is 24.6 Å². The highest BCUT2D eigenvalue weighted by atomic mass is 32.2. The number of anilines is 1. The quantitative estimate of drug-likeness (QED) is 0.414. The van der Waals surface area contributed by atoms with Gasteiger partial charge in [0.05, 0.1) is 22.9 Å². The summed E-state index contributed by atoms with van der Waals surface area (Å²) >= 11 is 0. The van der Waals surface area contributed by atoms with E-state index in [-0.39, 0.29) is 27.5 Å². The SMILES string of the molecule is CCOC(=O)C1CCN(c2nc3c(S(=O)(=O)c4ccccc4)nnn3c3ccccc23)CC1. The van der Waals surface area contributed by atoms with Gasteiger partial charge in [0, 0.05) is 18.5 Å². The lowest BCUT2D eigenvalue weighted by Crippen LogP contribution is -2.37. The van der Waals surface area contributed by atoms with Crippen molar-refractivity contribution >= 4 is 38.2 Å². The number of benzene rings is 2. The minimum Gasteiger partial charge on any atom is -0.466 e. The zero-order valence-electron chi connectivity index (χ0n) is 18.1. The fraction of sp³-hybridized carbons (Fsp3) is 0.304. The first-order valence-electron chi connectivity index (χ1n) is 10.9. The molecule has 9 nitrogen and oxygen atoms in total. The molecule has 0 aliphatic carbocycles. The standard InChI is InChI=1S/C23H23N5O4S/c1-2-32-23(29)16-12-14-27(15-13-16)20-18-10-6-7-11-19(18)28-21(24-20)22(25-26-28)33(30,31)17-8-4-3-5-9-17/h3-11,16H,2,12-15H2,1H3. The van der Waals surface area contributed by atoms with Crippen molar-refractivity contribution in [2.24, 2.45) is 5.92 Å². The third-order valence-corrected chi connectivity index (χ3v) is 7.59. The molecule has 10 heteroatoms. The van der Waals surface area contributed by atoms with Crippen molar-refractivity contribution in [1.29, 1.82) is 0 Å². The van der Waals surface area contributed by atoms with Gasteiger partial charge in [0.2, 0.25) is 14.9 Å². The molecule has 0 atom stereocenters. The minimum absolute atomic E-state index is 0.137. The molecule has 33 heavy (non-hydrogen) atoms. The van der Waals surface area contributed by atoms with Crippen LogP contribution in [0.3, 0.4) is 0 Å². The molecule has 5 rings (SSSR count). The summed E-state index contributed by atoms with van der Waals surface area (Å²) in [7, 11) is -3.90. The number of piperidine rings is 1. The van der Waals surface area contributed by atoms with Crippen LogP contribution in [0.1, 0.15) is 19.8 Å². The van der Waals surface area contributed by atoms with Gasteiger partial charge < -0.3 is 9.64 Å². The van der Waals surface area contributed by atoms with Gasteiger partial charge in [0.25, 0.3) is 0 Å². The highest BCUT2D eigenvalue weighted by molar-refractivity contribution is 7.91. The molecule has 0 unspecified atom stereocenters. The van der Waals surface area contributed by atoms with Crippen LogP contribution >= 0.6 is 0 Å². The van der Waals surface area contributed by atoms with Gasteiger partial charge in [-0.3, -0.25) is 4.79 Å². The van der Waals surface area contributed by atoms with Crippen LogP contribution in [-0.4, -0.2) is 53.9 Å². The number of nitrogens with zero attached hydrogens (tertiary/aromatic N) is 5. The maximum absolute atomic E-state index is 13.3. The molecule has 1 aliphatic heterocycles. The first-order chi connectivity index (χ1) is 16.0. The molecule has 0 radical (unpaired) electrons. The number of fused-ring (bicyclic) bond motifs is 3. The van der Waals surface area contributed by atoms with Crippen LogP contribution in [0, 0.1) is 5.92 Å². The Kier molecular flexibility index (Phi) is 5.45. The van der Waals surface area contributed by atoms with E-state index >= 15 is 0 Å². The number of ether oxygens (including phenoxy) is 1. The summed E-state index contributed by atoms with van der Waals surface area (Å²) in [4.78, 5) is 19.1. The van der Waals surface area contributed by atoms with E-state index in [1.54, 1.807) is 25.1 Å². The summed E-state index contributed by atoms with van der Waals surface area (Å²) in [5.74, 6) is 0.357. The van der Waals surface area contributed by atoms with Crippen LogP contribution in [0.2, 0.25) is 0 Å². The Bertz CT molecular complexity index is 1430. The monoisotopic (exact) mass is 465 g/mol. The average Bonchev–Trinajstić information content (AvgIpc) is 3.29. The molecule has 2 aromatic heterocycles. The number of aromatic nitrogens is 4. The minimum atomic E-state index is -3.90. The molecule has 3 heterocycles. The molecule has 0 N–H and O–H groups in total. The van der Waals surface area contributed by atoms with E-state index in [0.717, 1.165) is 5.39 Å². The van der Waals surface area contributed by atoms with Crippen molar-refractivity contribution in [1.82, 2.24) is 19.8 Å². The zero-order chi connectivity index (χ0) is 23.0. The first kappa shape index (κ1) is 21.3. The molecule has 2 aromatic carbocycles. The molecule has 0 amide bonds. The number of carbonyl (C=O) groups is 1. The summed E-state index contributed by atoms with van der Waals surface area (Å²) < 4.78 is 33.2. The Hall–Kier alpha value is -3.53. The Morgan fingerprint density at radius 2 is 1.76 bits per heavy atom. The molecule has 4 aromatic rings. The van der Waals surface area contributed by atoms with Crippen molar-refractivity contribution in [3.8, 4) is 0 Å². The van der Waals surface area contributed by atoms with Gasteiger partial charge in [-0.05, 0) is 44.0 Å². The number of esters is 1. The molecule has 1 aliphatic rings. The lowest BCUT2D eigenvalue weighted by atomic mass is 9.97. The second-order valence-corrected chi connectivity index (χ2v) is 9.78. The van der Waals surface area contributed by atoms with Crippen LogP contribution < -0.4 is 4.90 Å². The Morgan fingerprint density at radius 3 is 2.48 bits per heavy atom. The van der Waals surface area contributed by atoms with Crippen molar-refractivity contribution in [3.05, 3.63) is 54.6 Å². The van der Waals surface area contributed by atoms with Gasteiger partial charge in [-0.25, -0.2) is 13.4 Å². The average molecular weight is 466 g/mol. The highest BCUT2D eigenvalue weighted by Gasteiger charge is 2.30. The highest BCUT2D eigenvalue weighted by Crippen LogP contribution is 2.32. The molecule has 170 valence electrons. The normalized spacial score (nSPS) is 15.2. The molecule has 0 saturated carbocycles. The molecule has 1 saturated heterocycles. The molecule has 1 fully saturated rings. The predicted octanol–water partition coefficient (Wildman–Crippen LogP) is 2.89. The number of sulfone groups is 1. The summed E-state index contributed by atoms with van der Waals surface area (Å²) in [6, 6.07) is 15.7. The predicted molar refractivity (Wildman–Crippen MR) is 122 cm³/mol. The first-order valence-corrected chi connectivity index (χ1v) is 12.3. The van der Waals surface area contributed by atoms with Gasteiger partial charge in [-0.2, -0.15) is 4.52 Å². The summed E-state index contributed by atoms with van der Waals surface area (Å²) in [6.45, 7) is 3.39. The molecule has 0 bridgehead atoms. The van der Waals surface area contributed by atoms with Crippen molar-refractivity contribution in [3.63, 3.8) is 0 Å². The van der Waals surface area contributed by atoms with Gasteiger partial charge in [0.1, 0.15) is 5.82 Å². The third-order valence-electron chi connectivity index (χ3n) is 5.92. The van der Waals surface area contributed by atoms with E-state index in [9.17, 15) is 13.2 Å². The second kappa shape index (κ2) is 8.43. The van der Waals surface area contributed by atoms with Gasteiger partial charge >= 0.3 is 5.97 Å². The fourth-order valence-corrected chi connectivity index (χ4v) is 5.50. The van der Waals surface area contributed by atoms with Gasteiger partial charge in [-0.1, -0.05) is 35.5 Å².